The molecule has 94 valence electrons. The number of aliphatic carboxylic acids is 1. The molecule has 1 rings (SSSR count). The Morgan fingerprint density at radius 2 is 2.31 bits per heavy atom. The maximum atomic E-state index is 11.1. The Hall–Kier alpha value is -0.650. The van der Waals surface area contributed by atoms with Gasteiger partial charge in [0.1, 0.15) is 5.54 Å². The molecule has 0 aromatic carbocycles. The lowest BCUT2D eigenvalue weighted by Crippen LogP contribution is -2.53. The first-order chi connectivity index (χ1) is 7.58. The van der Waals surface area contributed by atoms with Gasteiger partial charge in [0.25, 0.3) is 0 Å². The molecule has 2 atom stereocenters. The van der Waals surface area contributed by atoms with Crippen LogP contribution in [-0.2, 0) is 14.3 Å². The maximum Gasteiger partial charge on any atom is 0.323 e. The van der Waals surface area contributed by atoms with Crippen molar-refractivity contribution in [2.24, 2.45) is 0 Å². The lowest BCUT2D eigenvalue weighted by Gasteiger charge is -2.30. The van der Waals surface area contributed by atoms with Gasteiger partial charge in [0.2, 0.25) is 0 Å². The molecule has 5 heteroatoms. The van der Waals surface area contributed by atoms with Crippen LogP contribution in [0.5, 0.6) is 0 Å². The minimum atomic E-state index is -0.866. The van der Waals surface area contributed by atoms with Gasteiger partial charge >= 0.3 is 5.97 Å². The van der Waals surface area contributed by atoms with Crippen LogP contribution in [-0.4, -0.2) is 49.1 Å². The molecule has 1 aliphatic rings. The van der Waals surface area contributed by atoms with E-state index in [1.807, 2.05) is 6.92 Å². The van der Waals surface area contributed by atoms with Gasteiger partial charge in [0.05, 0.1) is 25.9 Å². The number of carboxylic acids is 1. The lowest BCUT2D eigenvalue weighted by atomic mass is 9.96. The van der Waals surface area contributed by atoms with Crippen molar-refractivity contribution in [2.45, 2.75) is 38.3 Å². The summed E-state index contributed by atoms with van der Waals surface area (Å²) in [6.45, 7) is 5.95. The standard InChI is InChI=1S/C11H21NO4/c1-3-4-11(2,10(13)14)12-7-9-8-15-5-6-16-9/h9,12H,3-8H2,1-2H3,(H,13,14). The molecule has 1 heterocycles. The van der Waals surface area contributed by atoms with E-state index in [-0.39, 0.29) is 6.10 Å². The molecule has 16 heavy (non-hydrogen) atoms. The van der Waals surface area contributed by atoms with E-state index in [1.165, 1.54) is 0 Å². The van der Waals surface area contributed by atoms with Crippen LogP contribution in [0, 0.1) is 0 Å². The van der Waals surface area contributed by atoms with Gasteiger partial charge in [-0.05, 0) is 13.3 Å². The highest BCUT2D eigenvalue weighted by molar-refractivity contribution is 5.78. The normalized spacial score (nSPS) is 25.0. The van der Waals surface area contributed by atoms with E-state index in [4.69, 9.17) is 14.6 Å². The van der Waals surface area contributed by atoms with Crippen LogP contribution >= 0.6 is 0 Å². The van der Waals surface area contributed by atoms with Crippen molar-refractivity contribution in [3.8, 4) is 0 Å². The van der Waals surface area contributed by atoms with Crippen molar-refractivity contribution in [1.82, 2.24) is 5.32 Å². The van der Waals surface area contributed by atoms with Gasteiger partial charge in [-0.3, -0.25) is 10.1 Å². The third kappa shape index (κ3) is 3.73. The van der Waals surface area contributed by atoms with Crippen LogP contribution in [0.2, 0.25) is 0 Å². The molecule has 0 radical (unpaired) electrons. The van der Waals surface area contributed by atoms with Gasteiger partial charge in [-0.25, -0.2) is 0 Å². The number of ether oxygens (including phenoxy) is 2. The first-order valence-corrected chi connectivity index (χ1v) is 5.76. The average Bonchev–Trinajstić information content (AvgIpc) is 2.28. The molecular formula is C11H21NO4. The molecule has 0 saturated carbocycles. The Kier molecular flexibility index (Phi) is 5.18. The summed E-state index contributed by atoms with van der Waals surface area (Å²) in [5.41, 5.74) is -0.866. The van der Waals surface area contributed by atoms with Crippen LogP contribution in [0.25, 0.3) is 0 Å². The largest absolute Gasteiger partial charge is 0.480 e. The van der Waals surface area contributed by atoms with Gasteiger partial charge < -0.3 is 14.6 Å². The predicted octanol–water partition coefficient (Wildman–Crippen LogP) is 0.635. The quantitative estimate of drug-likeness (QED) is 0.702. The van der Waals surface area contributed by atoms with Crippen LogP contribution in [0.1, 0.15) is 26.7 Å². The van der Waals surface area contributed by atoms with Crippen molar-refractivity contribution >= 4 is 5.97 Å². The van der Waals surface area contributed by atoms with E-state index in [0.29, 0.717) is 32.8 Å². The number of hydrogen-bond donors (Lipinski definition) is 2. The van der Waals surface area contributed by atoms with Gasteiger partial charge in [-0.15, -0.1) is 0 Å². The molecule has 0 aliphatic carbocycles. The second kappa shape index (κ2) is 6.18. The first kappa shape index (κ1) is 13.4. The zero-order chi connectivity index (χ0) is 12.0. The van der Waals surface area contributed by atoms with Crippen molar-refractivity contribution in [1.29, 1.82) is 0 Å². The number of carbonyl (C=O) groups is 1. The summed E-state index contributed by atoms with van der Waals surface area (Å²) in [4.78, 5) is 11.1. The molecule has 1 saturated heterocycles. The van der Waals surface area contributed by atoms with Crippen molar-refractivity contribution < 1.29 is 19.4 Å². The molecule has 5 nitrogen and oxygen atoms in total. The van der Waals surface area contributed by atoms with Crippen LogP contribution in [0.15, 0.2) is 0 Å². The number of rotatable bonds is 6. The fourth-order valence-corrected chi connectivity index (χ4v) is 1.76. The van der Waals surface area contributed by atoms with Crippen LogP contribution < -0.4 is 5.32 Å². The summed E-state index contributed by atoms with van der Waals surface area (Å²) in [7, 11) is 0. The van der Waals surface area contributed by atoms with E-state index in [1.54, 1.807) is 6.92 Å². The van der Waals surface area contributed by atoms with E-state index in [2.05, 4.69) is 5.32 Å². The lowest BCUT2D eigenvalue weighted by molar-refractivity contribution is -0.145. The van der Waals surface area contributed by atoms with E-state index in [9.17, 15) is 4.79 Å². The molecule has 0 spiro atoms. The third-order valence-electron chi connectivity index (χ3n) is 2.83. The van der Waals surface area contributed by atoms with Crippen LogP contribution in [0.4, 0.5) is 0 Å². The highest BCUT2D eigenvalue weighted by Crippen LogP contribution is 2.13. The Morgan fingerprint density at radius 3 is 2.81 bits per heavy atom. The molecule has 0 bridgehead atoms. The molecule has 2 N–H and O–H groups in total. The molecule has 1 fully saturated rings. The minimum Gasteiger partial charge on any atom is -0.480 e. The first-order valence-electron chi connectivity index (χ1n) is 5.76. The van der Waals surface area contributed by atoms with Crippen LogP contribution in [0.3, 0.4) is 0 Å². The topological polar surface area (TPSA) is 67.8 Å². The summed E-state index contributed by atoms with van der Waals surface area (Å²) in [5.74, 6) is -0.814. The fourth-order valence-electron chi connectivity index (χ4n) is 1.76. The van der Waals surface area contributed by atoms with E-state index in [0.717, 1.165) is 6.42 Å². The number of hydrogen-bond acceptors (Lipinski definition) is 4. The molecular weight excluding hydrogens is 210 g/mol. The minimum absolute atomic E-state index is 0.0377. The Morgan fingerprint density at radius 1 is 1.56 bits per heavy atom. The van der Waals surface area contributed by atoms with E-state index >= 15 is 0 Å². The Bertz CT molecular complexity index is 228. The summed E-state index contributed by atoms with van der Waals surface area (Å²) in [6, 6.07) is 0. The zero-order valence-corrected chi connectivity index (χ0v) is 9.99. The maximum absolute atomic E-state index is 11.1. The molecule has 0 aromatic rings. The number of carboxylic acid groups (broad SMARTS) is 1. The summed E-state index contributed by atoms with van der Waals surface area (Å²) in [5, 5.41) is 12.2. The fraction of sp³-hybridized carbons (Fsp3) is 0.909. The number of nitrogens with one attached hydrogen (secondary N) is 1. The third-order valence-corrected chi connectivity index (χ3v) is 2.83. The SMILES string of the molecule is CCCC(C)(NCC1COCCO1)C(=O)O. The molecule has 0 aromatic heterocycles. The van der Waals surface area contributed by atoms with Crippen molar-refractivity contribution in [3.05, 3.63) is 0 Å². The van der Waals surface area contributed by atoms with Gasteiger partial charge in [0, 0.05) is 6.54 Å². The van der Waals surface area contributed by atoms with Gasteiger partial charge in [0.15, 0.2) is 0 Å². The summed E-state index contributed by atoms with van der Waals surface area (Å²) < 4.78 is 10.7. The summed E-state index contributed by atoms with van der Waals surface area (Å²) in [6.07, 6.45) is 1.40. The summed E-state index contributed by atoms with van der Waals surface area (Å²) >= 11 is 0. The smallest absolute Gasteiger partial charge is 0.323 e. The van der Waals surface area contributed by atoms with Crippen molar-refractivity contribution in [2.75, 3.05) is 26.4 Å². The predicted molar refractivity (Wildman–Crippen MR) is 59.5 cm³/mol. The second-order valence-corrected chi connectivity index (χ2v) is 4.34. The van der Waals surface area contributed by atoms with E-state index < -0.39 is 11.5 Å². The average molecular weight is 231 g/mol. The Labute approximate surface area is 96.1 Å². The van der Waals surface area contributed by atoms with Gasteiger partial charge in [-0.1, -0.05) is 13.3 Å². The second-order valence-electron chi connectivity index (χ2n) is 4.34. The molecule has 1 aliphatic heterocycles. The molecule has 0 amide bonds. The monoisotopic (exact) mass is 231 g/mol. The van der Waals surface area contributed by atoms with Gasteiger partial charge in [-0.2, -0.15) is 0 Å². The molecule has 2 unspecified atom stereocenters. The highest BCUT2D eigenvalue weighted by Gasteiger charge is 2.32. The highest BCUT2D eigenvalue weighted by atomic mass is 16.6. The zero-order valence-electron chi connectivity index (χ0n) is 9.99. The Balaban J connectivity index is 2.39. The van der Waals surface area contributed by atoms with Crippen molar-refractivity contribution in [3.63, 3.8) is 0 Å².